The molecule has 0 bridgehead atoms. The summed E-state index contributed by atoms with van der Waals surface area (Å²) in [4.78, 5) is 8.90. The van der Waals surface area contributed by atoms with E-state index in [1.165, 1.54) is 0 Å². The summed E-state index contributed by atoms with van der Waals surface area (Å²) < 4.78 is 31.7. The Hall–Kier alpha value is -1.41. The van der Waals surface area contributed by atoms with Crippen molar-refractivity contribution in [2.75, 3.05) is 30.9 Å². The molecule has 0 radical (unpaired) electrons. The lowest BCUT2D eigenvalue weighted by molar-refractivity contribution is -0.192. The van der Waals surface area contributed by atoms with Crippen molar-refractivity contribution in [1.29, 1.82) is 0 Å². The van der Waals surface area contributed by atoms with Crippen LogP contribution < -0.4 is 11.1 Å². The van der Waals surface area contributed by atoms with E-state index < -0.39 is 12.1 Å². The van der Waals surface area contributed by atoms with E-state index in [2.05, 4.69) is 5.32 Å². The lowest BCUT2D eigenvalue weighted by Crippen LogP contribution is -2.21. The number of rotatable bonds is 3. The Kier molecular flexibility index (Phi) is 13.2. The van der Waals surface area contributed by atoms with Gasteiger partial charge in [0.1, 0.15) is 0 Å². The van der Waals surface area contributed by atoms with Gasteiger partial charge >= 0.3 is 12.1 Å². The molecule has 0 aliphatic rings. The van der Waals surface area contributed by atoms with Crippen molar-refractivity contribution >= 4 is 23.4 Å². The minimum atomic E-state index is -5.08. The van der Waals surface area contributed by atoms with Crippen LogP contribution in [0.5, 0.6) is 0 Å². The maximum Gasteiger partial charge on any atom is 0.490 e. The van der Waals surface area contributed by atoms with Crippen LogP contribution in [-0.2, 0) is 4.79 Å². The number of anilines is 1. The van der Waals surface area contributed by atoms with Crippen LogP contribution in [0.25, 0.3) is 0 Å². The van der Waals surface area contributed by atoms with Gasteiger partial charge in [0.25, 0.3) is 0 Å². The van der Waals surface area contributed by atoms with Crippen molar-refractivity contribution in [2.24, 2.45) is 5.73 Å². The SMILES string of the molecule is CNc1ccccc1.CSCCN.O=C(O)C(F)(F)F. The zero-order chi connectivity index (χ0) is 16.0. The first kappa shape index (κ1) is 20.9. The number of carboxylic acid groups (broad SMARTS) is 1. The first-order valence-corrected chi connectivity index (χ1v) is 6.90. The maximum atomic E-state index is 10.6. The van der Waals surface area contributed by atoms with Crippen LogP contribution in [0.4, 0.5) is 18.9 Å². The van der Waals surface area contributed by atoms with E-state index in [-0.39, 0.29) is 0 Å². The van der Waals surface area contributed by atoms with Gasteiger partial charge in [-0.2, -0.15) is 24.9 Å². The minimum absolute atomic E-state index is 0.807. The zero-order valence-corrected chi connectivity index (χ0v) is 12.1. The number of benzene rings is 1. The van der Waals surface area contributed by atoms with Crippen LogP contribution >= 0.6 is 11.8 Å². The molecular weight excluding hydrogens is 293 g/mol. The summed E-state index contributed by atoms with van der Waals surface area (Å²) in [7, 11) is 1.91. The molecule has 1 rings (SSSR count). The second kappa shape index (κ2) is 12.6. The van der Waals surface area contributed by atoms with Crippen LogP contribution in [0.15, 0.2) is 30.3 Å². The molecule has 0 unspecified atom stereocenters. The second-order valence-corrected chi connectivity index (χ2v) is 4.19. The molecule has 116 valence electrons. The Bertz CT molecular complexity index is 346. The molecule has 4 N–H and O–H groups in total. The predicted molar refractivity (Wildman–Crippen MR) is 77.1 cm³/mol. The monoisotopic (exact) mass is 312 g/mol. The normalized spacial score (nSPS) is 9.50. The number of carboxylic acids is 1. The maximum absolute atomic E-state index is 10.6. The predicted octanol–water partition coefficient (Wildman–Crippen LogP) is 2.67. The molecule has 1 aromatic rings. The summed E-state index contributed by atoms with van der Waals surface area (Å²) in [6, 6.07) is 10.1. The smallest absolute Gasteiger partial charge is 0.475 e. The molecular formula is C12H19F3N2O2S. The van der Waals surface area contributed by atoms with E-state index in [0.717, 1.165) is 18.0 Å². The van der Waals surface area contributed by atoms with Crippen LogP contribution in [0.3, 0.4) is 0 Å². The van der Waals surface area contributed by atoms with Gasteiger partial charge in [0.15, 0.2) is 0 Å². The molecule has 0 heterocycles. The summed E-state index contributed by atoms with van der Waals surface area (Å²) in [5.41, 5.74) is 6.28. The zero-order valence-electron chi connectivity index (χ0n) is 11.3. The summed E-state index contributed by atoms with van der Waals surface area (Å²) in [6.07, 6.45) is -3.03. The second-order valence-electron chi connectivity index (χ2n) is 3.20. The number of para-hydroxylation sites is 1. The summed E-state index contributed by atoms with van der Waals surface area (Å²) in [6.45, 7) is 0.807. The van der Waals surface area contributed by atoms with E-state index >= 15 is 0 Å². The summed E-state index contributed by atoms with van der Waals surface area (Å²) in [5.74, 6) is -1.67. The third-order valence-electron chi connectivity index (χ3n) is 1.63. The highest BCUT2D eigenvalue weighted by atomic mass is 32.2. The fraction of sp³-hybridized carbons (Fsp3) is 0.417. The van der Waals surface area contributed by atoms with Crippen molar-refractivity contribution < 1.29 is 23.1 Å². The van der Waals surface area contributed by atoms with Crippen molar-refractivity contribution in [3.05, 3.63) is 30.3 Å². The molecule has 0 saturated heterocycles. The third-order valence-corrected chi connectivity index (χ3v) is 2.27. The first-order valence-electron chi connectivity index (χ1n) is 5.51. The molecule has 0 saturated carbocycles. The molecule has 0 aliphatic heterocycles. The van der Waals surface area contributed by atoms with Gasteiger partial charge in [0.05, 0.1) is 0 Å². The molecule has 20 heavy (non-hydrogen) atoms. The van der Waals surface area contributed by atoms with Gasteiger partial charge in [-0.05, 0) is 18.4 Å². The molecule has 4 nitrogen and oxygen atoms in total. The van der Waals surface area contributed by atoms with Crippen LogP contribution in [0.1, 0.15) is 0 Å². The van der Waals surface area contributed by atoms with Gasteiger partial charge in [0, 0.05) is 25.0 Å². The molecule has 0 atom stereocenters. The van der Waals surface area contributed by atoms with Crippen molar-refractivity contribution in [3.8, 4) is 0 Å². The van der Waals surface area contributed by atoms with Crippen LogP contribution in [0, 0.1) is 0 Å². The quantitative estimate of drug-likeness (QED) is 0.800. The summed E-state index contributed by atoms with van der Waals surface area (Å²) >= 11 is 1.78. The van der Waals surface area contributed by atoms with E-state index in [9.17, 15) is 13.2 Å². The van der Waals surface area contributed by atoms with Gasteiger partial charge in [-0.1, -0.05) is 18.2 Å². The Labute approximate surface area is 120 Å². The van der Waals surface area contributed by atoms with E-state index in [4.69, 9.17) is 15.6 Å². The number of hydrogen-bond donors (Lipinski definition) is 3. The highest BCUT2D eigenvalue weighted by Gasteiger charge is 2.38. The fourth-order valence-electron chi connectivity index (χ4n) is 0.723. The average molecular weight is 312 g/mol. The Morgan fingerprint density at radius 3 is 1.95 bits per heavy atom. The number of nitrogens with two attached hydrogens (primary N) is 1. The van der Waals surface area contributed by atoms with E-state index in [1.54, 1.807) is 11.8 Å². The van der Waals surface area contributed by atoms with Crippen LogP contribution in [-0.4, -0.2) is 42.9 Å². The molecule has 0 aromatic heterocycles. The van der Waals surface area contributed by atoms with Crippen molar-refractivity contribution in [1.82, 2.24) is 0 Å². The van der Waals surface area contributed by atoms with Crippen molar-refractivity contribution in [3.63, 3.8) is 0 Å². The highest BCUT2D eigenvalue weighted by Crippen LogP contribution is 2.13. The fourth-order valence-corrected chi connectivity index (χ4v) is 0.958. The molecule has 8 heteroatoms. The Morgan fingerprint density at radius 2 is 1.80 bits per heavy atom. The molecule has 0 amide bonds. The Morgan fingerprint density at radius 1 is 1.35 bits per heavy atom. The standard InChI is InChI=1S/C7H9N.C3H9NS.C2HF3O2/c1-8-7-5-3-2-4-6-7;1-5-3-2-4;3-2(4,5)1(6)7/h2-6,8H,1H3;2-4H2,1H3;(H,6,7). The largest absolute Gasteiger partial charge is 0.490 e. The third kappa shape index (κ3) is 14.7. The van der Waals surface area contributed by atoms with Gasteiger partial charge < -0.3 is 16.2 Å². The van der Waals surface area contributed by atoms with Gasteiger partial charge in [-0.15, -0.1) is 0 Å². The first-order chi connectivity index (χ1) is 9.29. The molecule has 0 aliphatic carbocycles. The average Bonchev–Trinajstić information content (AvgIpc) is 2.41. The number of hydrogen-bond acceptors (Lipinski definition) is 4. The number of aliphatic carboxylic acids is 1. The minimum Gasteiger partial charge on any atom is -0.475 e. The molecule has 0 fully saturated rings. The number of halogens is 3. The highest BCUT2D eigenvalue weighted by molar-refractivity contribution is 7.98. The summed E-state index contributed by atoms with van der Waals surface area (Å²) in [5, 5.41) is 10.2. The Balaban J connectivity index is 0. The van der Waals surface area contributed by atoms with Gasteiger partial charge in [-0.25, -0.2) is 4.79 Å². The topological polar surface area (TPSA) is 75.3 Å². The van der Waals surface area contributed by atoms with Gasteiger partial charge in [0.2, 0.25) is 0 Å². The lowest BCUT2D eigenvalue weighted by Gasteiger charge is -1.94. The van der Waals surface area contributed by atoms with Crippen LogP contribution in [0.2, 0.25) is 0 Å². The lowest BCUT2D eigenvalue weighted by atomic mass is 10.3. The van der Waals surface area contributed by atoms with Crippen molar-refractivity contribution in [2.45, 2.75) is 6.18 Å². The van der Waals surface area contributed by atoms with E-state index in [1.807, 2.05) is 43.6 Å². The number of nitrogens with one attached hydrogen (secondary N) is 1. The molecule has 1 aromatic carbocycles. The number of carbonyl (C=O) groups is 1. The number of thioether (sulfide) groups is 1. The number of alkyl halides is 3. The van der Waals surface area contributed by atoms with E-state index in [0.29, 0.717) is 0 Å². The van der Waals surface area contributed by atoms with Gasteiger partial charge in [-0.3, -0.25) is 0 Å². The molecule has 0 spiro atoms.